The molecule has 1 aliphatic rings. The number of nitrogens with zero attached hydrogens (tertiary/aromatic N) is 2. The number of carbonyl (C=O) groups is 1. The summed E-state index contributed by atoms with van der Waals surface area (Å²) in [7, 11) is 0. The number of rotatable bonds is 11. The highest BCUT2D eigenvalue weighted by atomic mass is 16.2. The molecule has 0 atom stereocenters. The average molecular weight is 264 g/mol. The fourth-order valence-corrected chi connectivity index (χ4v) is 2.44. The fourth-order valence-electron chi connectivity index (χ4n) is 2.44. The fraction of sp³-hybridized carbons (Fsp3) is 0.875. The van der Waals surface area contributed by atoms with E-state index < -0.39 is 0 Å². The second kappa shape index (κ2) is 9.83. The van der Waals surface area contributed by atoms with Crippen molar-refractivity contribution in [3.63, 3.8) is 0 Å². The summed E-state index contributed by atoms with van der Waals surface area (Å²) in [5, 5.41) is 8.63. The average Bonchev–Trinajstić information content (AvgIpc) is 3.23. The lowest BCUT2D eigenvalue weighted by molar-refractivity contribution is -0.131. The van der Waals surface area contributed by atoms with Crippen molar-refractivity contribution in [2.24, 2.45) is 0 Å². The van der Waals surface area contributed by atoms with Crippen LogP contribution < -0.4 is 0 Å². The molecule has 1 aliphatic carbocycles. The molecule has 0 aliphatic heterocycles. The zero-order valence-corrected chi connectivity index (χ0v) is 12.4. The monoisotopic (exact) mass is 264 g/mol. The molecule has 0 radical (unpaired) electrons. The van der Waals surface area contributed by atoms with Crippen molar-refractivity contribution in [3.05, 3.63) is 0 Å². The van der Waals surface area contributed by atoms with Crippen LogP contribution in [0.4, 0.5) is 0 Å². The summed E-state index contributed by atoms with van der Waals surface area (Å²) in [5.74, 6) is 0.270. The Morgan fingerprint density at radius 3 is 2.37 bits per heavy atom. The zero-order chi connectivity index (χ0) is 13.9. The van der Waals surface area contributed by atoms with E-state index in [4.69, 9.17) is 5.26 Å². The molecule has 1 saturated carbocycles. The van der Waals surface area contributed by atoms with E-state index in [9.17, 15) is 4.79 Å². The first-order chi connectivity index (χ1) is 9.29. The zero-order valence-electron chi connectivity index (χ0n) is 12.4. The van der Waals surface area contributed by atoms with Gasteiger partial charge in [0.1, 0.15) is 0 Å². The predicted octanol–water partition coefficient (Wildman–Crippen LogP) is 4.03. The van der Waals surface area contributed by atoms with Gasteiger partial charge in [-0.3, -0.25) is 4.79 Å². The van der Waals surface area contributed by atoms with Gasteiger partial charge in [-0.2, -0.15) is 5.26 Å². The standard InChI is InChI=1S/C16H28N2O/c1-2-3-4-5-6-7-8-10-16(19)18(14-9-13-17)15-11-12-15/h15H,2-12,14H2,1H3. The van der Waals surface area contributed by atoms with E-state index >= 15 is 0 Å². The van der Waals surface area contributed by atoms with Crippen LogP contribution in [0.3, 0.4) is 0 Å². The maximum absolute atomic E-state index is 12.1. The van der Waals surface area contributed by atoms with Crippen molar-refractivity contribution in [2.45, 2.75) is 83.6 Å². The minimum absolute atomic E-state index is 0.270. The SMILES string of the molecule is CCCCCCCCCC(=O)N(CCC#N)C1CC1. The summed E-state index contributed by atoms with van der Waals surface area (Å²) in [5.41, 5.74) is 0. The molecule has 0 saturated heterocycles. The van der Waals surface area contributed by atoms with Gasteiger partial charge in [-0.25, -0.2) is 0 Å². The van der Waals surface area contributed by atoms with Gasteiger partial charge in [0.15, 0.2) is 0 Å². The van der Waals surface area contributed by atoms with Crippen LogP contribution in [-0.4, -0.2) is 23.4 Å². The molecule has 0 heterocycles. The summed E-state index contributed by atoms with van der Waals surface area (Å²) in [6.45, 7) is 2.86. The van der Waals surface area contributed by atoms with Gasteiger partial charge in [-0.05, 0) is 19.3 Å². The van der Waals surface area contributed by atoms with E-state index in [0.29, 0.717) is 25.4 Å². The predicted molar refractivity (Wildman–Crippen MR) is 77.6 cm³/mol. The first-order valence-corrected chi connectivity index (χ1v) is 7.96. The molecule has 0 aromatic rings. The Labute approximate surface area is 118 Å². The summed E-state index contributed by atoms with van der Waals surface area (Å²) >= 11 is 0. The lowest BCUT2D eigenvalue weighted by atomic mass is 10.1. The van der Waals surface area contributed by atoms with Crippen LogP contribution in [0.15, 0.2) is 0 Å². The van der Waals surface area contributed by atoms with Gasteiger partial charge in [0.05, 0.1) is 12.5 Å². The molecule has 0 N–H and O–H groups in total. The molecular weight excluding hydrogens is 236 g/mol. The van der Waals surface area contributed by atoms with E-state index in [1.54, 1.807) is 0 Å². The van der Waals surface area contributed by atoms with Gasteiger partial charge in [0.25, 0.3) is 0 Å². The number of nitriles is 1. The van der Waals surface area contributed by atoms with Crippen molar-refractivity contribution in [2.75, 3.05) is 6.54 Å². The number of unbranched alkanes of at least 4 members (excludes halogenated alkanes) is 6. The van der Waals surface area contributed by atoms with E-state index in [-0.39, 0.29) is 5.91 Å². The Kier molecular flexibility index (Phi) is 8.29. The molecule has 1 rings (SSSR count). The first kappa shape index (κ1) is 16.0. The Hall–Kier alpha value is -1.04. The summed E-state index contributed by atoms with van der Waals surface area (Å²) in [4.78, 5) is 14.0. The van der Waals surface area contributed by atoms with E-state index in [1.807, 2.05) is 4.90 Å². The lowest BCUT2D eigenvalue weighted by Crippen LogP contribution is -2.33. The Bertz CT molecular complexity index is 292. The van der Waals surface area contributed by atoms with Crippen LogP contribution in [0.1, 0.15) is 77.6 Å². The summed E-state index contributed by atoms with van der Waals surface area (Å²) in [6, 6.07) is 2.59. The molecule has 19 heavy (non-hydrogen) atoms. The lowest BCUT2D eigenvalue weighted by Gasteiger charge is -2.21. The third kappa shape index (κ3) is 7.20. The molecular formula is C16H28N2O. The molecule has 0 bridgehead atoms. The minimum atomic E-state index is 0.270. The highest BCUT2D eigenvalue weighted by molar-refractivity contribution is 5.76. The second-order valence-corrected chi connectivity index (χ2v) is 5.60. The van der Waals surface area contributed by atoms with Gasteiger partial charge in [-0.15, -0.1) is 0 Å². The molecule has 1 fully saturated rings. The molecule has 0 aromatic carbocycles. The third-order valence-electron chi connectivity index (χ3n) is 3.77. The summed E-state index contributed by atoms with van der Waals surface area (Å²) in [6.07, 6.45) is 12.1. The van der Waals surface area contributed by atoms with Gasteiger partial charge < -0.3 is 4.90 Å². The quantitative estimate of drug-likeness (QED) is 0.529. The molecule has 1 amide bonds. The first-order valence-electron chi connectivity index (χ1n) is 7.96. The van der Waals surface area contributed by atoms with Gasteiger partial charge >= 0.3 is 0 Å². The maximum Gasteiger partial charge on any atom is 0.222 e. The van der Waals surface area contributed by atoms with Crippen molar-refractivity contribution >= 4 is 5.91 Å². The van der Waals surface area contributed by atoms with Crippen LogP contribution in [0.25, 0.3) is 0 Å². The number of carbonyl (C=O) groups excluding carboxylic acids is 1. The normalized spacial score (nSPS) is 14.1. The Morgan fingerprint density at radius 2 is 1.79 bits per heavy atom. The van der Waals surface area contributed by atoms with Crippen LogP contribution in [0.2, 0.25) is 0 Å². The molecule has 108 valence electrons. The maximum atomic E-state index is 12.1. The number of hydrogen-bond acceptors (Lipinski definition) is 2. The molecule has 3 heteroatoms. The van der Waals surface area contributed by atoms with Crippen LogP contribution in [0, 0.1) is 11.3 Å². The van der Waals surface area contributed by atoms with Crippen LogP contribution in [0.5, 0.6) is 0 Å². The van der Waals surface area contributed by atoms with Crippen molar-refractivity contribution < 1.29 is 4.79 Å². The molecule has 3 nitrogen and oxygen atoms in total. The topological polar surface area (TPSA) is 44.1 Å². The van der Waals surface area contributed by atoms with E-state index in [2.05, 4.69) is 13.0 Å². The molecule has 0 aromatic heterocycles. The highest BCUT2D eigenvalue weighted by Crippen LogP contribution is 2.27. The van der Waals surface area contributed by atoms with Crippen LogP contribution in [-0.2, 0) is 4.79 Å². The highest BCUT2D eigenvalue weighted by Gasteiger charge is 2.31. The third-order valence-corrected chi connectivity index (χ3v) is 3.77. The Morgan fingerprint density at radius 1 is 1.16 bits per heavy atom. The van der Waals surface area contributed by atoms with Gasteiger partial charge in [0.2, 0.25) is 5.91 Å². The van der Waals surface area contributed by atoms with Crippen molar-refractivity contribution in [1.82, 2.24) is 4.90 Å². The van der Waals surface area contributed by atoms with Gasteiger partial charge in [0, 0.05) is 19.0 Å². The number of amides is 1. The minimum Gasteiger partial charge on any atom is -0.339 e. The van der Waals surface area contributed by atoms with E-state index in [0.717, 1.165) is 19.3 Å². The second-order valence-electron chi connectivity index (χ2n) is 5.60. The largest absolute Gasteiger partial charge is 0.339 e. The molecule has 0 spiro atoms. The van der Waals surface area contributed by atoms with Crippen molar-refractivity contribution in [1.29, 1.82) is 5.26 Å². The van der Waals surface area contributed by atoms with Crippen LogP contribution >= 0.6 is 0 Å². The van der Waals surface area contributed by atoms with E-state index in [1.165, 1.54) is 38.5 Å². The number of hydrogen-bond donors (Lipinski definition) is 0. The van der Waals surface area contributed by atoms with Crippen molar-refractivity contribution in [3.8, 4) is 6.07 Å². The summed E-state index contributed by atoms with van der Waals surface area (Å²) < 4.78 is 0. The Balaban J connectivity index is 2.06. The smallest absolute Gasteiger partial charge is 0.222 e. The van der Waals surface area contributed by atoms with Gasteiger partial charge in [-0.1, -0.05) is 45.4 Å². The molecule has 0 unspecified atom stereocenters.